The first-order chi connectivity index (χ1) is 16.8. The van der Waals surface area contributed by atoms with Gasteiger partial charge < -0.3 is 19.7 Å². The summed E-state index contributed by atoms with van der Waals surface area (Å²) in [5, 5.41) is 14.0. The van der Waals surface area contributed by atoms with E-state index in [2.05, 4.69) is 20.3 Å². The quantitative estimate of drug-likeness (QED) is 0.410. The number of carboxylic acid groups (broad SMARTS) is 1. The summed E-state index contributed by atoms with van der Waals surface area (Å²) in [5.41, 5.74) is -0.0566. The number of methoxy groups -OCH3 is 1. The minimum atomic E-state index is -2.66. The van der Waals surface area contributed by atoms with Crippen LogP contribution in [0.4, 0.5) is 14.9 Å². The maximum Gasteiger partial charge on any atom is 0.410 e. The Bertz CT molecular complexity index is 1270. The molecule has 3 heterocycles. The molecule has 0 radical (unpaired) electrons. The fourth-order valence-corrected chi connectivity index (χ4v) is 8.34. The molecule has 12 heteroatoms. The molecule has 0 bridgehead atoms. The average molecular weight is 520 g/mol. The van der Waals surface area contributed by atoms with Crippen LogP contribution >= 0.6 is 10.5 Å². The number of pyridine rings is 1. The summed E-state index contributed by atoms with van der Waals surface area (Å²) in [5.74, 6) is -0.498. The van der Waals surface area contributed by atoms with E-state index < -0.39 is 43.8 Å². The number of nitrogens with one attached hydrogen (secondary N) is 3. The molecule has 194 valence electrons. The molecular weight excluding hydrogens is 489 g/mol. The molecule has 0 aliphatic carbocycles. The normalized spacial score (nSPS) is 28.3. The Hall–Kier alpha value is -3.22. The number of benzene rings is 1. The van der Waals surface area contributed by atoms with Crippen LogP contribution in [-0.2, 0) is 5.54 Å². The number of amidine groups is 1. The fraction of sp³-hybridized carbons (Fsp3) is 0.417. The van der Waals surface area contributed by atoms with Crippen molar-refractivity contribution in [3.05, 3.63) is 53.1 Å². The Morgan fingerprint density at radius 1 is 1.25 bits per heavy atom. The average Bonchev–Trinajstić information content (AvgIpc) is 3.23. The molecule has 1 saturated heterocycles. The van der Waals surface area contributed by atoms with Gasteiger partial charge in [0.25, 0.3) is 5.91 Å². The summed E-state index contributed by atoms with van der Waals surface area (Å²) in [7, 11) is -1.16. The molecule has 0 saturated carbocycles. The smallest absolute Gasteiger partial charge is 0.410 e. The second-order valence-corrected chi connectivity index (χ2v) is 12.7. The van der Waals surface area contributed by atoms with Gasteiger partial charge in [-0.3, -0.25) is 19.8 Å². The molecule has 4 rings (SSSR count). The zero-order valence-electron chi connectivity index (χ0n) is 20.7. The third-order valence-electron chi connectivity index (χ3n) is 6.96. The summed E-state index contributed by atoms with van der Waals surface area (Å²) in [4.78, 5) is 33.3. The number of hydrogen-bond donors (Lipinski definition) is 5. The van der Waals surface area contributed by atoms with Crippen molar-refractivity contribution < 1.29 is 28.4 Å². The van der Waals surface area contributed by atoms with Gasteiger partial charge in [-0.1, -0.05) is 10.5 Å². The number of aryl methyl sites for hydroxylation is 1. The topological polar surface area (TPSA) is 145 Å². The highest BCUT2D eigenvalue weighted by molar-refractivity contribution is 8.29. The lowest BCUT2D eigenvalue weighted by Gasteiger charge is -2.56. The number of aliphatic imine (C=N–C) groups is 1. The van der Waals surface area contributed by atoms with Gasteiger partial charge in [0.15, 0.2) is 0 Å². The van der Waals surface area contributed by atoms with E-state index >= 15 is 4.39 Å². The molecule has 2 aromatic rings. The minimum absolute atomic E-state index is 0.0487. The summed E-state index contributed by atoms with van der Waals surface area (Å²) >= 11 is 0. The first-order valence-electron chi connectivity index (χ1n) is 11.3. The highest BCUT2D eigenvalue weighted by Crippen LogP contribution is 2.67. The first kappa shape index (κ1) is 25.9. The third-order valence-corrected chi connectivity index (χ3v) is 10.9. The van der Waals surface area contributed by atoms with Crippen LogP contribution in [0.5, 0.6) is 5.75 Å². The van der Waals surface area contributed by atoms with Crippen molar-refractivity contribution in [2.24, 2.45) is 4.99 Å². The predicted octanol–water partition coefficient (Wildman–Crippen LogP) is 4.02. The Labute approximate surface area is 210 Å². The number of hydrogen-bond acceptors (Lipinski definition) is 7. The number of carbonyl (C=O) groups excluding carboxylic acids is 1. The lowest BCUT2D eigenvalue weighted by atomic mass is 9.85. The van der Waals surface area contributed by atoms with Gasteiger partial charge in [-0.2, -0.15) is 0 Å². The standard InChI is InChI=1S/C24H30FN5O5S/c1-13-10-15(35-5)12-26-19(13)20(31)28-14-6-7-17(25)16(11-14)24(4)18-8-9-27-36(18,34)23(2,3)21(30-24)29-22(32)33/h6-7,10-12,18,27,34H,8-9H2,1-5H3,(H,28,31)(H,29,30)(H,32,33)/t18-,24+/m0/s1. The molecule has 2 amide bonds. The molecule has 1 fully saturated rings. The van der Waals surface area contributed by atoms with Crippen LogP contribution in [0.2, 0.25) is 0 Å². The van der Waals surface area contributed by atoms with Gasteiger partial charge in [-0.15, -0.1) is 0 Å². The number of fused-ring (bicyclic) bond motifs is 1. The number of carbonyl (C=O) groups is 2. The van der Waals surface area contributed by atoms with Crippen LogP contribution in [0.3, 0.4) is 0 Å². The predicted molar refractivity (Wildman–Crippen MR) is 137 cm³/mol. The van der Waals surface area contributed by atoms with Gasteiger partial charge in [-0.05, 0) is 63.9 Å². The lowest BCUT2D eigenvalue weighted by molar-refractivity contribution is 0.102. The molecule has 3 atom stereocenters. The van der Waals surface area contributed by atoms with Gasteiger partial charge in [0.2, 0.25) is 0 Å². The maximum atomic E-state index is 15.3. The van der Waals surface area contributed by atoms with Gasteiger partial charge >= 0.3 is 6.09 Å². The zero-order valence-corrected chi connectivity index (χ0v) is 21.5. The van der Waals surface area contributed by atoms with Crippen molar-refractivity contribution in [1.29, 1.82) is 0 Å². The Balaban J connectivity index is 1.76. The van der Waals surface area contributed by atoms with Gasteiger partial charge in [0.1, 0.15) is 28.6 Å². The van der Waals surface area contributed by atoms with E-state index in [4.69, 9.17) is 9.73 Å². The second-order valence-electron chi connectivity index (χ2n) is 9.54. The minimum Gasteiger partial charge on any atom is -0.495 e. The Kier molecular flexibility index (Phi) is 6.48. The first-order valence-corrected chi connectivity index (χ1v) is 13.0. The zero-order chi connectivity index (χ0) is 26.5. The fourth-order valence-electron chi connectivity index (χ4n) is 4.95. The molecule has 1 aromatic heterocycles. The van der Waals surface area contributed by atoms with Crippen LogP contribution in [0.25, 0.3) is 0 Å². The van der Waals surface area contributed by atoms with E-state index in [1.165, 1.54) is 31.5 Å². The number of amides is 2. The molecular formula is C24H30FN5O5S. The van der Waals surface area contributed by atoms with Crippen molar-refractivity contribution >= 4 is 34.0 Å². The summed E-state index contributed by atoms with van der Waals surface area (Å²) < 4.78 is 34.4. The van der Waals surface area contributed by atoms with Crippen LogP contribution in [0, 0.1) is 12.7 Å². The van der Waals surface area contributed by atoms with Crippen LogP contribution < -0.4 is 20.1 Å². The lowest BCUT2D eigenvalue weighted by Crippen LogP contribution is -2.59. The van der Waals surface area contributed by atoms with Crippen molar-refractivity contribution in [3.63, 3.8) is 0 Å². The van der Waals surface area contributed by atoms with E-state index in [0.29, 0.717) is 30.0 Å². The van der Waals surface area contributed by atoms with Crippen LogP contribution in [-0.4, -0.2) is 56.1 Å². The van der Waals surface area contributed by atoms with E-state index in [-0.39, 0.29) is 17.1 Å². The molecule has 2 aliphatic heterocycles. The Morgan fingerprint density at radius 3 is 2.61 bits per heavy atom. The van der Waals surface area contributed by atoms with Gasteiger partial charge in [-0.25, -0.2) is 14.2 Å². The van der Waals surface area contributed by atoms with Gasteiger partial charge in [0, 0.05) is 17.8 Å². The highest BCUT2D eigenvalue weighted by atomic mass is 32.3. The SMILES string of the molecule is COc1cnc(C(=O)Nc2ccc(F)c([C@@]3(C)N=C(NC(=O)O)C(C)(C)S4(O)NCC[C@@H]34)c2)c(C)c1. The number of ether oxygens (including phenoxy) is 1. The van der Waals surface area contributed by atoms with Crippen molar-refractivity contribution in [2.45, 2.75) is 49.7 Å². The van der Waals surface area contributed by atoms with E-state index in [1.54, 1.807) is 33.8 Å². The summed E-state index contributed by atoms with van der Waals surface area (Å²) in [6.07, 6.45) is 0.624. The number of halogens is 1. The molecule has 5 N–H and O–H groups in total. The van der Waals surface area contributed by atoms with Gasteiger partial charge in [0.05, 0.1) is 23.3 Å². The van der Waals surface area contributed by atoms with E-state index in [0.717, 1.165) is 0 Å². The molecule has 36 heavy (non-hydrogen) atoms. The summed E-state index contributed by atoms with van der Waals surface area (Å²) in [6.45, 7) is 7.33. The number of aromatic nitrogens is 1. The third kappa shape index (κ3) is 4.08. The van der Waals surface area contributed by atoms with Crippen LogP contribution in [0.15, 0.2) is 35.5 Å². The number of nitrogens with zero attached hydrogens (tertiary/aromatic N) is 2. The maximum absolute atomic E-state index is 15.3. The monoisotopic (exact) mass is 519 g/mol. The molecule has 2 aliphatic rings. The molecule has 1 unspecified atom stereocenters. The number of anilines is 1. The molecule has 1 aromatic carbocycles. The van der Waals surface area contributed by atoms with Crippen LogP contribution in [0.1, 0.15) is 48.8 Å². The highest BCUT2D eigenvalue weighted by Gasteiger charge is 2.61. The second kappa shape index (κ2) is 9.02. The van der Waals surface area contributed by atoms with Crippen molar-refractivity contribution in [3.8, 4) is 5.75 Å². The summed E-state index contributed by atoms with van der Waals surface area (Å²) in [6, 6.07) is 5.81. The van der Waals surface area contributed by atoms with E-state index in [9.17, 15) is 19.2 Å². The molecule has 0 spiro atoms. The van der Waals surface area contributed by atoms with Crippen molar-refractivity contribution in [1.82, 2.24) is 15.0 Å². The largest absolute Gasteiger partial charge is 0.495 e. The Morgan fingerprint density at radius 2 is 1.97 bits per heavy atom. The molecule has 10 nitrogen and oxygen atoms in total. The number of rotatable bonds is 4. The van der Waals surface area contributed by atoms with E-state index in [1.807, 2.05) is 0 Å². The van der Waals surface area contributed by atoms with Crippen molar-refractivity contribution in [2.75, 3.05) is 19.0 Å².